The lowest BCUT2D eigenvalue weighted by Gasteiger charge is -2.08. The summed E-state index contributed by atoms with van der Waals surface area (Å²) in [6, 6.07) is 8.50. The highest BCUT2D eigenvalue weighted by molar-refractivity contribution is 7.99. The Bertz CT molecular complexity index is 1050. The van der Waals surface area contributed by atoms with Gasteiger partial charge in [-0.2, -0.15) is 0 Å². The Kier molecular flexibility index (Phi) is 4.94. The highest BCUT2D eigenvalue weighted by Crippen LogP contribution is 2.18. The van der Waals surface area contributed by atoms with Crippen molar-refractivity contribution in [2.24, 2.45) is 7.05 Å². The van der Waals surface area contributed by atoms with Gasteiger partial charge in [0.25, 0.3) is 5.56 Å². The van der Waals surface area contributed by atoms with Crippen LogP contribution in [0.25, 0.3) is 11.0 Å². The Hall–Kier alpha value is -2.87. The zero-order valence-corrected chi connectivity index (χ0v) is 15.4. The summed E-state index contributed by atoms with van der Waals surface area (Å²) in [4.78, 5) is 43.2. The number of aryl methyl sites for hydroxylation is 1. The van der Waals surface area contributed by atoms with Gasteiger partial charge >= 0.3 is 0 Å². The van der Waals surface area contributed by atoms with Crippen molar-refractivity contribution in [1.29, 1.82) is 0 Å². The first-order valence-corrected chi connectivity index (χ1v) is 8.93. The molecule has 0 saturated carbocycles. The minimum absolute atomic E-state index is 0.0270. The van der Waals surface area contributed by atoms with E-state index in [-0.39, 0.29) is 23.0 Å². The number of fused-ring (bicyclic) bond motifs is 1. The summed E-state index contributed by atoms with van der Waals surface area (Å²) in [5.41, 5.74) is 2.94. The number of thioether (sulfide) groups is 1. The maximum atomic E-state index is 12.3. The van der Waals surface area contributed by atoms with Crippen LogP contribution in [-0.2, 0) is 11.8 Å². The van der Waals surface area contributed by atoms with Crippen molar-refractivity contribution in [2.75, 3.05) is 11.1 Å². The third-order valence-electron chi connectivity index (χ3n) is 3.86. The van der Waals surface area contributed by atoms with Gasteiger partial charge in [-0.3, -0.25) is 19.0 Å². The maximum absolute atomic E-state index is 12.3. The molecule has 2 aromatic heterocycles. The first-order valence-electron chi connectivity index (χ1n) is 7.95. The lowest BCUT2D eigenvalue weighted by Crippen LogP contribution is -2.21. The molecule has 0 unspecified atom stereocenters. The predicted octanol–water partition coefficient (Wildman–Crippen LogP) is 2.50. The summed E-state index contributed by atoms with van der Waals surface area (Å²) < 4.78 is 1.43. The van der Waals surface area contributed by atoms with Gasteiger partial charge in [-0.1, -0.05) is 11.8 Å². The third-order valence-corrected chi connectivity index (χ3v) is 4.89. The number of amides is 1. The first kappa shape index (κ1) is 17.9. The van der Waals surface area contributed by atoms with E-state index in [1.807, 2.05) is 6.92 Å². The van der Waals surface area contributed by atoms with E-state index in [0.29, 0.717) is 27.4 Å². The molecule has 1 aromatic carbocycles. The van der Waals surface area contributed by atoms with Gasteiger partial charge in [-0.15, -0.1) is 0 Å². The Labute approximate surface area is 153 Å². The van der Waals surface area contributed by atoms with Crippen LogP contribution >= 0.6 is 11.8 Å². The predicted molar refractivity (Wildman–Crippen MR) is 102 cm³/mol. The normalized spacial score (nSPS) is 10.9. The van der Waals surface area contributed by atoms with Crippen molar-refractivity contribution >= 4 is 40.2 Å². The molecule has 134 valence electrons. The summed E-state index contributed by atoms with van der Waals surface area (Å²) >= 11 is 1.19. The van der Waals surface area contributed by atoms with Gasteiger partial charge in [-0.05, 0) is 44.2 Å². The topological polar surface area (TPSA) is 96.8 Å². The Balaban J connectivity index is 1.69. The maximum Gasteiger partial charge on any atom is 0.278 e. The second-order valence-electron chi connectivity index (χ2n) is 5.94. The number of aromatic amines is 1. The van der Waals surface area contributed by atoms with Crippen molar-refractivity contribution in [2.45, 2.75) is 19.0 Å². The molecule has 3 aromatic rings. The number of hydrogen-bond donors (Lipinski definition) is 2. The number of benzene rings is 1. The zero-order chi connectivity index (χ0) is 18.8. The van der Waals surface area contributed by atoms with Crippen molar-refractivity contribution in [1.82, 2.24) is 14.5 Å². The van der Waals surface area contributed by atoms with Gasteiger partial charge in [0.2, 0.25) is 5.91 Å². The Morgan fingerprint density at radius 2 is 1.96 bits per heavy atom. The second kappa shape index (κ2) is 7.17. The fourth-order valence-corrected chi connectivity index (χ4v) is 3.27. The van der Waals surface area contributed by atoms with E-state index in [4.69, 9.17) is 0 Å². The molecule has 0 saturated heterocycles. The smallest absolute Gasteiger partial charge is 0.278 e. The monoisotopic (exact) mass is 370 g/mol. The number of aromatic nitrogens is 3. The molecular weight excluding hydrogens is 352 g/mol. The van der Waals surface area contributed by atoms with Crippen molar-refractivity contribution in [3.05, 3.63) is 51.9 Å². The molecule has 0 aliphatic carbocycles. The average Bonchev–Trinajstić information content (AvgIpc) is 2.98. The number of H-pyrrole nitrogens is 1. The van der Waals surface area contributed by atoms with Crippen molar-refractivity contribution in [3.63, 3.8) is 0 Å². The minimum atomic E-state index is -0.217. The molecule has 0 fully saturated rings. The van der Waals surface area contributed by atoms with Crippen LogP contribution in [0.4, 0.5) is 5.69 Å². The molecule has 0 radical (unpaired) electrons. The second-order valence-corrected chi connectivity index (χ2v) is 6.88. The molecule has 7 nitrogen and oxygen atoms in total. The number of nitrogens with one attached hydrogen (secondary N) is 2. The summed E-state index contributed by atoms with van der Waals surface area (Å²) in [5, 5.41) is 3.24. The summed E-state index contributed by atoms with van der Waals surface area (Å²) in [6.07, 6.45) is 0. The number of ketones is 1. The van der Waals surface area contributed by atoms with E-state index in [1.54, 1.807) is 37.4 Å². The number of rotatable bonds is 5. The number of Topliss-reactive ketones (excluding diaryl/α,β-unsaturated/α-hetero) is 1. The Morgan fingerprint density at radius 1 is 1.27 bits per heavy atom. The average molecular weight is 370 g/mol. The van der Waals surface area contributed by atoms with E-state index in [2.05, 4.69) is 15.3 Å². The largest absolute Gasteiger partial charge is 0.353 e. The number of carbonyl (C=O) groups excluding carboxylic acids is 2. The molecule has 8 heteroatoms. The van der Waals surface area contributed by atoms with Gasteiger partial charge in [0.15, 0.2) is 10.9 Å². The van der Waals surface area contributed by atoms with Gasteiger partial charge < -0.3 is 10.3 Å². The van der Waals surface area contributed by atoms with Crippen LogP contribution in [-0.4, -0.2) is 32.0 Å². The third kappa shape index (κ3) is 3.70. The van der Waals surface area contributed by atoms with E-state index < -0.39 is 0 Å². The molecule has 2 N–H and O–H groups in total. The molecular formula is C18H18N4O3S. The van der Waals surface area contributed by atoms with E-state index in [0.717, 1.165) is 5.69 Å². The summed E-state index contributed by atoms with van der Waals surface area (Å²) in [5.74, 6) is -0.130. The van der Waals surface area contributed by atoms with E-state index in [9.17, 15) is 14.4 Å². The Morgan fingerprint density at radius 3 is 2.62 bits per heavy atom. The van der Waals surface area contributed by atoms with E-state index in [1.165, 1.54) is 23.3 Å². The SMILES string of the molecule is CC(=O)c1ccc(NC(=O)CSc2nc3cc(C)[nH]c3c(=O)n2C)cc1. The molecule has 2 heterocycles. The van der Waals surface area contributed by atoms with Gasteiger partial charge in [0.1, 0.15) is 5.52 Å². The molecule has 1 amide bonds. The highest BCUT2D eigenvalue weighted by Gasteiger charge is 2.12. The zero-order valence-electron chi connectivity index (χ0n) is 14.6. The fourth-order valence-electron chi connectivity index (χ4n) is 2.50. The van der Waals surface area contributed by atoms with Gasteiger partial charge in [0, 0.05) is 24.0 Å². The molecule has 0 atom stereocenters. The summed E-state index contributed by atoms with van der Waals surface area (Å²) in [6.45, 7) is 3.35. The van der Waals surface area contributed by atoms with Crippen LogP contribution in [0.5, 0.6) is 0 Å². The van der Waals surface area contributed by atoms with Crippen molar-refractivity contribution in [3.8, 4) is 0 Å². The van der Waals surface area contributed by atoms with Crippen LogP contribution in [0, 0.1) is 6.92 Å². The first-order chi connectivity index (χ1) is 12.3. The quantitative estimate of drug-likeness (QED) is 0.409. The summed E-state index contributed by atoms with van der Waals surface area (Å²) in [7, 11) is 1.63. The van der Waals surface area contributed by atoms with Crippen LogP contribution in [0.15, 0.2) is 40.3 Å². The molecule has 0 bridgehead atoms. The van der Waals surface area contributed by atoms with Gasteiger partial charge in [-0.25, -0.2) is 4.98 Å². The van der Waals surface area contributed by atoms with Crippen LogP contribution in [0.2, 0.25) is 0 Å². The fraction of sp³-hybridized carbons (Fsp3) is 0.222. The lowest BCUT2D eigenvalue weighted by atomic mass is 10.1. The van der Waals surface area contributed by atoms with Crippen LogP contribution in [0.3, 0.4) is 0 Å². The minimum Gasteiger partial charge on any atom is -0.353 e. The molecule has 0 aliphatic rings. The van der Waals surface area contributed by atoms with Crippen LogP contribution < -0.4 is 10.9 Å². The van der Waals surface area contributed by atoms with Crippen molar-refractivity contribution < 1.29 is 9.59 Å². The number of carbonyl (C=O) groups is 2. The number of nitrogens with zero attached hydrogens (tertiary/aromatic N) is 2. The van der Waals surface area contributed by atoms with Crippen LogP contribution in [0.1, 0.15) is 23.0 Å². The van der Waals surface area contributed by atoms with E-state index >= 15 is 0 Å². The molecule has 0 aliphatic heterocycles. The molecule has 3 rings (SSSR count). The molecule has 26 heavy (non-hydrogen) atoms. The van der Waals surface area contributed by atoms with Gasteiger partial charge in [0.05, 0.1) is 11.3 Å². The highest BCUT2D eigenvalue weighted by atomic mass is 32.2. The lowest BCUT2D eigenvalue weighted by molar-refractivity contribution is -0.113. The molecule has 0 spiro atoms. The standard InChI is InChI=1S/C18H18N4O3S/c1-10-8-14-16(19-10)17(25)22(3)18(21-14)26-9-15(24)20-13-6-4-12(5-7-13)11(2)23/h4-8,19H,9H2,1-3H3,(H,20,24). The number of hydrogen-bond acceptors (Lipinski definition) is 5. The number of anilines is 1.